The van der Waals surface area contributed by atoms with Crippen LogP contribution in [0.5, 0.6) is 5.88 Å². The summed E-state index contributed by atoms with van der Waals surface area (Å²) in [6, 6.07) is 7.01. The van der Waals surface area contributed by atoms with Crippen LogP contribution in [0.15, 0.2) is 47.8 Å². The summed E-state index contributed by atoms with van der Waals surface area (Å²) >= 11 is 6.25. The molecule has 1 atom stereocenters. The van der Waals surface area contributed by atoms with Gasteiger partial charge in [0.1, 0.15) is 10.8 Å². The molecule has 1 saturated carbocycles. The number of nitrogens with zero attached hydrogens (tertiary/aromatic N) is 5. The van der Waals surface area contributed by atoms with Crippen LogP contribution in [-0.4, -0.2) is 82.1 Å². The van der Waals surface area contributed by atoms with Crippen molar-refractivity contribution < 1.29 is 40.7 Å². The molecule has 52 heavy (non-hydrogen) atoms. The molecule has 0 radical (unpaired) electrons. The maximum absolute atomic E-state index is 13.2. The Morgan fingerprint density at radius 3 is 2.50 bits per heavy atom. The summed E-state index contributed by atoms with van der Waals surface area (Å²) in [4.78, 5) is 35.5. The number of carbonyl (C=O) groups excluding carboxylic acids is 2. The Morgan fingerprint density at radius 2 is 1.85 bits per heavy atom. The second kappa shape index (κ2) is 14.7. The minimum absolute atomic E-state index is 0.0810. The maximum atomic E-state index is 13.2. The normalized spacial score (nSPS) is 18.2. The van der Waals surface area contributed by atoms with Crippen LogP contribution in [0.3, 0.4) is 0 Å². The van der Waals surface area contributed by atoms with Gasteiger partial charge in [-0.3, -0.25) is 4.79 Å². The van der Waals surface area contributed by atoms with Crippen molar-refractivity contribution in [2.75, 3.05) is 25.0 Å². The van der Waals surface area contributed by atoms with E-state index in [-0.39, 0.29) is 70.9 Å². The van der Waals surface area contributed by atoms with E-state index in [1.54, 1.807) is 11.0 Å². The molecule has 4 heterocycles. The number of aromatic nitrogens is 4. The lowest BCUT2D eigenvalue weighted by Crippen LogP contribution is -2.45. The lowest BCUT2D eigenvalue weighted by Gasteiger charge is -2.33. The van der Waals surface area contributed by atoms with Crippen LogP contribution in [0.1, 0.15) is 83.5 Å². The molecule has 0 aromatic carbocycles. The van der Waals surface area contributed by atoms with Gasteiger partial charge in [0.05, 0.1) is 17.6 Å². The number of likely N-dealkylation sites (tertiary alicyclic amines) is 1. The van der Waals surface area contributed by atoms with Crippen molar-refractivity contribution in [2.45, 2.75) is 95.5 Å². The summed E-state index contributed by atoms with van der Waals surface area (Å²) in [6.45, 7) is 10.5. The number of ether oxygens (including phenoxy) is 2. The third kappa shape index (κ3) is 9.45. The molecule has 2 fully saturated rings. The van der Waals surface area contributed by atoms with Gasteiger partial charge in [0.25, 0.3) is 15.9 Å². The van der Waals surface area contributed by atoms with Crippen LogP contribution in [0.4, 0.5) is 23.7 Å². The van der Waals surface area contributed by atoms with Crippen LogP contribution in [0.2, 0.25) is 5.15 Å². The van der Waals surface area contributed by atoms with Gasteiger partial charge in [-0.05, 0) is 97.3 Å². The van der Waals surface area contributed by atoms with Crippen LogP contribution in [0.25, 0.3) is 5.82 Å². The van der Waals surface area contributed by atoms with Crippen molar-refractivity contribution in [1.82, 2.24) is 29.4 Å². The van der Waals surface area contributed by atoms with Crippen LogP contribution in [0, 0.1) is 11.3 Å². The van der Waals surface area contributed by atoms with Crippen LogP contribution < -0.4 is 14.8 Å². The van der Waals surface area contributed by atoms with Gasteiger partial charge in [0.2, 0.25) is 5.88 Å². The number of alkyl halides is 3. The van der Waals surface area contributed by atoms with E-state index in [0.29, 0.717) is 18.8 Å². The average Bonchev–Trinajstić information content (AvgIpc) is 3.58. The third-order valence-corrected chi connectivity index (χ3v) is 10.6. The number of sulfonamides is 1. The van der Waals surface area contributed by atoms with Gasteiger partial charge in [0.15, 0.2) is 10.8 Å². The maximum Gasteiger partial charge on any atom is 0.410 e. The van der Waals surface area contributed by atoms with Crippen molar-refractivity contribution in [3.63, 3.8) is 0 Å². The molecule has 284 valence electrons. The summed E-state index contributed by atoms with van der Waals surface area (Å²) < 4.78 is 79.9. The van der Waals surface area contributed by atoms with Gasteiger partial charge in [0, 0.05) is 48.8 Å². The molecular formula is C34H43ClF3N7O6S. The van der Waals surface area contributed by atoms with Crippen molar-refractivity contribution in [3.05, 3.63) is 53.4 Å². The Labute approximate surface area is 305 Å². The fourth-order valence-electron chi connectivity index (χ4n) is 6.15. The van der Waals surface area contributed by atoms with E-state index >= 15 is 0 Å². The summed E-state index contributed by atoms with van der Waals surface area (Å²) in [5.41, 5.74) is -2.33. The minimum atomic E-state index is -4.41. The summed E-state index contributed by atoms with van der Waals surface area (Å²) in [7, 11) is -4.41. The number of halogens is 4. The van der Waals surface area contributed by atoms with Crippen molar-refractivity contribution in [2.24, 2.45) is 11.3 Å². The Balaban J connectivity index is 1.11. The highest BCUT2D eigenvalue weighted by Gasteiger charge is 2.62. The molecule has 3 aromatic rings. The second-order valence-electron chi connectivity index (χ2n) is 14.8. The highest BCUT2D eigenvalue weighted by molar-refractivity contribution is 7.90. The standard InChI is InChI=1S/C34H43ClF3N7O6S/c1-31(2,3)51-30(47)44-21-22(20-32(44,4)5)7-6-15-39-23-10-16-40-27(19-23)52(48,49)43-29(46)24-8-9-25(41-28(24)35)45-17-11-26(42-45)50-18-14-33(12-13-33)34(36,37)38/h8-11,16-17,19,22H,6-7,12-15,18,20-21H2,1-5H3,(H,39,40)(H,43,46). The summed E-state index contributed by atoms with van der Waals surface area (Å²) in [5, 5.41) is 6.64. The Morgan fingerprint density at radius 1 is 1.12 bits per heavy atom. The first-order chi connectivity index (χ1) is 24.2. The monoisotopic (exact) mass is 769 g/mol. The van der Waals surface area contributed by atoms with Crippen molar-refractivity contribution in [1.29, 1.82) is 0 Å². The number of amides is 2. The Kier molecular flexibility index (Phi) is 11.1. The number of rotatable bonds is 13. The molecule has 1 saturated heterocycles. The zero-order valence-corrected chi connectivity index (χ0v) is 31.2. The van der Waals surface area contributed by atoms with Gasteiger partial charge in [-0.1, -0.05) is 11.6 Å². The number of hydrogen-bond acceptors (Lipinski definition) is 10. The third-order valence-electron chi connectivity index (χ3n) is 9.09. The van der Waals surface area contributed by atoms with Crippen molar-refractivity contribution >= 4 is 39.3 Å². The SMILES string of the molecule is CC(C)(C)OC(=O)N1CC(CCCNc2ccnc(S(=O)(=O)NC(=O)c3ccc(-n4ccc(OCCC5(C(F)(F)F)CC5)n4)nc3Cl)c2)CC1(C)C. The lowest BCUT2D eigenvalue weighted by molar-refractivity contribution is -0.190. The molecule has 3 aromatic heterocycles. The molecule has 0 bridgehead atoms. The predicted octanol–water partition coefficient (Wildman–Crippen LogP) is 6.77. The predicted molar refractivity (Wildman–Crippen MR) is 186 cm³/mol. The number of carbonyl (C=O) groups is 2. The molecule has 1 aliphatic carbocycles. The van der Waals surface area contributed by atoms with E-state index in [9.17, 15) is 31.2 Å². The van der Waals surface area contributed by atoms with Gasteiger partial charge in [-0.2, -0.15) is 21.6 Å². The van der Waals surface area contributed by atoms with E-state index in [0.717, 1.165) is 19.3 Å². The van der Waals surface area contributed by atoms with Crippen LogP contribution in [-0.2, 0) is 14.8 Å². The first-order valence-corrected chi connectivity index (χ1v) is 18.7. The van der Waals surface area contributed by atoms with Gasteiger partial charge in [-0.15, -0.1) is 5.10 Å². The molecule has 0 spiro atoms. The number of hydrogen-bond donors (Lipinski definition) is 2. The average molecular weight is 770 g/mol. The van der Waals surface area contributed by atoms with E-state index < -0.39 is 33.1 Å². The van der Waals surface area contributed by atoms with E-state index in [2.05, 4.69) is 20.4 Å². The molecule has 1 unspecified atom stereocenters. The van der Waals surface area contributed by atoms with Gasteiger partial charge >= 0.3 is 12.3 Å². The second-order valence-corrected chi connectivity index (χ2v) is 16.8. The molecule has 5 rings (SSSR count). The highest BCUT2D eigenvalue weighted by Crippen LogP contribution is 2.59. The highest BCUT2D eigenvalue weighted by atomic mass is 35.5. The molecule has 2 aliphatic rings. The number of pyridine rings is 2. The molecule has 1 aliphatic heterocycles. The first-order valence-electron chi connectivity index (χ1n) is 16.9. The number of nitrogens with one attached hydrogen (secondary N) is 2. The molecule has 2 amide bonds. The van der Waals surface area contributed by atoms with Gasteiger partial charge < -0.3 is 19.7 Å². The minimum Gasteiger partial charge on any atom is -0.477 e. The van der Waals surface area contributed by atoms with E-state index in [1.807, 2.05) is 39.3 Å². The fourth-order valence-corrected chi connectivity index (χ4v) is 7.32. The first kappa shape index (κ1) is 39.1. The van der Waals surface area contributed by atoms with E-state index in [1.165, 1.54) is 41.3 Å². The molecule has 2 N–H and O–H groups in total. The van der Waals surface area contributed by atoms with Gasteiger partial charge in [-0.25, -0.2) is 24.2 Å². The molecule has 18 heteroatoms. The smallest absolute Gasteiger partial charge is 0.410 e. The molecular weight excluding hydrogens is 727 g/mol. The number of anilines is 1. The zero-order chi connectivity index (χ0) is 38.1. The van der Waals surface area contributed by atoms with Crippen molar-refractivity contribution in [3.8, 4) is 11.7 Å². The fraction of sp³-hybridized carbons (Fsp3) is 0.559. The van der Waals surface area contributed by atoms with Crippen LogP contribution >= 0.6 is 11.6 Å². The van der Waals surface area contributed by atoms with E-state index in [4.69, 9.17) is 21.1 Å². The largest absolute Gasteiger partial charge is 0.477 e. The molecule has 13 nitrogen and oxygen atoms in total. The summed E-state index contributed by atoms with van der Waals surface area (Å²) in [6.07, 6.45) is 0.608. The topological polar surface area (TPSA) is 158 Å². The summed E-state index contributed by atoms with van der Waals surface area (Å²) in [5.74, 6) is -0.510. The lowest BCUT2D eigenvalue weighted by atomic mass is 9.93. The quantitative estimate of drug-likeness (QED) is 0.140. The zero-order valence-electron chi connectivity index (χ0n) is 29.6. The Hall–Kier alpha value is -4.12. The Bertz CT molecular complexity index is 1890.